The monoisotopic (exact) mass is 322 g/mol. The topological polar surface area (TPSA) is 54.4 Å². The van der Waals surface area contributed by atoms with Crippen molar-refractivity contribution in [1.29, 1.82) is 0 Å². The third-order valence-electron chi connectivity index (χ3n) is 1.86. The second kappa shape index (κ2) is 5.47. The number of rotatable bonds is 6. The van der Waals surface area contributed by atoms with Gasteiger partial charge in [-0.15, -0.1) is 0 Å². The van der Waals surface area contributed by atoms with Gasteiger partial charge in [0, 0.05) is 10.8 Å². The summed E-state index contributed by atoms with van der Waals surface area (Å²) in [5.41, 5.74) is 0. The molecule has 6 heteroatoms. The lowest BCUT2D eigenvalue weighted by Gasteiger charge is -2.28. The second-order valence-corrected chi connectivity index (χ2v) is 6.36. The standard InChI is InChI=1S/C7H16INO3S/c1-9(2,6-4-8)5-3-7-13(10,11)12/h3-7H2,1-2H3/p+1. The molecule has 0 radical (unpaired) electrons. The molecule has 0 aliphatic rings. The van der Waals surface area contributed by atoms with Crippen LogP contribution >= 0.6 is 22.6 Å². The van der Waals surface area contributed by atoms with Crippen molar-refractivity contribution in [3.63, 3.8) is 0 Å². The van der Waals surface area contributed by atoms with E-state index in [9.17, 15) is 8.42 Å². The van der Waals surface area contributed by atoms with Crippen molar-refractivity contribution in [2.24, 2.45) is 0 Å². The number of alkyl halides is 1. The molecule has 0 aromatic heterocycles. The van der Waals surface area contributed by atoms with Crippen LogP contribution in [-0.4, -0.2) is 54.8 Å². The van der Waals surface area contributed by atoms with Gasteiger partial charge in [0.25, 0.3) is 10.1 Å². The van der Waals surface area contributed by atoms with Crippen LogP contribution in [0.4, 0.5) is 0 Å². The molecule has 0 saturated heterocycles. The van der Waals surface area contributed by atoms with Crippen molar-refractivity contribution in [2.45, 2.75) is 6.42 Å². The van der Waals surface area contributed by atoms with Gasteiger partial charge in [0.15, 0.2) is 0 Å². The quantitative estimate of drug-likeness (QED) is 0.340. The van der Waals surface area contributed by atoms with Crippen LogP contribution < -0.4 is 0 Å². The Bertz CT molecular complexity index is 238. The summed E-state index contributed by atoms with van der Waals surface area (Å²) in [5.74, 6) is -0.129. The van der Waals surface area contributed by atoms with Gasteiger partial charge in [-0.05, 0) is 0 Å². The Hall–Kier alpha value is 0.600. The Labute approximate surface area is 93.8 Å². The zero-order valence-electron chi connectivity index (χ0n) is 8.03. The van der Waals surface area contributed by atoms with Gasteiger partial charge in [-0.2, -0.15) is 8.42 Å². The van der Waals surface area contributed by atoms with E-state index in [1.165, 1.54) is 0 Å². The van der Waals surface area contributed by atoms with E-state index in [0.29, 0.717) is 6.42 Å². The highest BCUT2D eigenvalue weighted by Crippen LogP contribution is 2.02. The van der Waals surface area contributed by atoms with Crippen molar-refractivity contribution in [2.75, 3.05) is 37.4 Å². The Balaban J connectivity index is 3.76. The minimum atomic E-state index is -3.77. The lowest BCUT2D eigenvalue weighted by molar-refractivity contribution is -0.887. The molecular weight excluding hydrogens is 305 g/mol. The fraction of sp³-hybridized carbons (Fsp3) is 1.00. The Morgan fingerprint density at radius 2 is 1.85 bits per heavy atom. The SMILES string of the molecule is C[N+](C)(CCI)CCCS(=O)(=O)O. The molecule has 0 aliphatic heterocycles. The smallest absolute Gasteiger partial charge is 0.265 e. The third-order valence-corrected chi connectivity index (χ3v) is 3.14. The zero-order chi connectivity index (χ0) is 10.5. The van der Waals surface area contributed by atoms with E-state index >= 15 is 0 Å². The van der Waals surface area contributed by atoms with Crippen molar-refractivity contribution in [1.82, 2.24) is 0 Å². The summed E-state index contributed by atoms with van der Waals surface area (Å²) in [6.45, 7) is 1.80. The van der Waals surface area contributed by atoms with Crippen LogP contribution in [0.15, 0.2) is 0 Å². The van der Waals surface area contributed by atoms with Crippen molar-refractivity contribution in [3.05, 3.63) is 0 Å². The summed E-state index contributed by atoms with van der Waals surface area (Å²) >= 11 is 2.30. The highest BCUT2D eigenvalue weighted by molar-refractivity contribution is 14.1. The molecule has 0 aliphatic carbocycles. The van der Waals surface area contributed by atoms with Crippen LogP contribution in [0.3, 0.4) is 0 Å². The van der Waals surface area contributed by atoms with Gasteiger partial charge >= 0.3 is 0 Å². The van der Waals surface area contributed by atoms with Crippen LogP contribution in [-0.2, 0) is 10.1 Å². The van der Waals surface area contributed by atoms with E-state index in [0.717, 1.165) is 22.0 Å². The van der Waals surface area contributed by atoms with Crippen LogP contribution in [0, 0.1) is 0 Å². The van der Waals surface area contributed by atoms with Gasteiger partial charge in [0.1, 0.15) is 0 Å². The number of quaternary nitrogens is 1. The molecule has 0 heterocycles. The Morgan fingerprint density at radius 1 is 1.31 bits per heavy atom. The van der Waals surface area contributed by atoms with Crippen molar-refractivity contribution >= 4 is 32.7 Å². The van der Waals surface area contributed by atoms with Gasteiger partial charge < -0.3 is 4.48 Å². The average molecular weight is 322 g/mol. The van der Waals surface area contributed by atoms with Crippen LogP contribution in [0.1, 0.15) is 6.42 Å². The van der Waals surface area contributed by atoms with Crippen LogP contribution in [0.2, 0.25) is 0 Å². The molecule has 0 aromatic carbocycles. The van der Waals surface area contributed by atoms with E-state index in [2.05, 4.69) is 36.7 Å². The summed E-state index contributed by atoms with van der Waals surface area (Å²) in [6, 6.07) is 0. The highest BCUT2D eigenvalue weighted by atomic mass is 127. The van der Waals surface area contributed by atoms with Gasteiger partial charge in [-0.1, -0.05) is 22.6 Å². The lowest BCUT2D eigenvalue weighted by atomic mass is 10.4. The zero-order valence-corrected chi connectivity index (χ0v) is 11.0. The van der Waals surface area contributed by atoms with E-state index < -0.39 is 10.1 Å². The lowest BCUT2D eigenvalue weighted by Crippen LogP contribution is -2.42. The van der Waals surface area contributed by atoms with Crippen molar-refractivity contribution in [3.8, 4) is 0 Å². The van der Waals surface area contributed by atoms with Gasteiger partial charge in [-0.25, -0.2) is 0 Å². The fourth-order valence-electron chi connectivity index (χ4n) is 1.02. The van der Waals surface area contributed by atoms with Crippen LogP contribution in [0.25, 0.3) is 0 Å². The molecule has 1 N–H and O–H groups in total. The first-order valence-corrected chi connectivity index (χ1v) is 7.23. The summed E-state index contributed by atoms with van der Waals surface area (Å²) in [6.07, 6.45) is 0.516. The molecule has 4 nitrogen and oxygen atoms in total. The molecule has 0 spiro atoms. The number of nitrogens with zero attached hydrogens (tertiary/aromatic N) is 1. The molecule has 0 aromatic rings. The number of halogens is 1. The second-order valence-electron chi connectivity index (χ2n) is 3.71. The predicted molar refractivity (Wildman–Crippen MR) is 61.8 cm³/mol. The van der Waals surface area contributed by atoms with Crippen LogP contribution in [0.5, 0.6) is 0 Å². The number of hydrogen-bond donors (Lipinski definition) is 1. The first kappa shape index (κ1) is 13.6. The molecule has 0 fully saturated rings. The maximum atomic E-state index is 10.4. The Kier molecular flexibility index (Phi) is 5.73. The molecule has 0 unspecified atom stereocenters. The first-order valence-electron chi connectivity index (χ1n) is 4.10. The van der Waals surface area contributed by atoms with Crippen molar-refractivity contribution < 1.29 is 17.5 Å². The molecule has 0 atom stereocenters. The van der Waals surface area contributed by atoms with E-state index in [-0.39, 0.29) is 5.75 Å². The summed E-state index contributed by atoms with van der Waals surface area (Å²) in [5, 5.41) is 0. The normalized spacial score (nSPS) is 13.2. The van der Waals surface area contributed by atoms with Gasteiger partial charge in [0.05, 0.1) is 32.9 Å². The summed E-state index contributed by atoms with van der Waals surface area (Å²) in [4.78, 5) is 0. The maximum Gasteiger partial charge on any atom is 0.265 e. The molecule has 0 saturated carbocycles. The molecule has 0 rings (SSSR count). The van der Waals surface area contributed by atoms with E-state index in [1.807, 2.05) is 0 Å². The van der Waals surface area contributed by atoms with E-state index in [1.54, 1.807) is 0 Å². The first-order chi connectivity index (χ1) is 5.77. The molecular formula is C7H17INO3S+. The summed E-state index contributed by atoms with van der Waals surface area (Å²) in [7, 11) is 0.343. The van der Waals surface area contributed by atoms with Gasteiger partial charge in [-0.3, -0.25) is 4.55 Å². The molecule has 0 amide bonds. The highest BCUT2D eigenvalue weighted by Gasteiger charge is 2.15. The van der Waals surface area contributed by atoms with Gasteiger partial charge in [0.2, 0.25) is 0 Å². The largest absolute Gasteiger partial charge is 0.328 e. The third kappa shape index (κ3) is 8.92. The molecule has 13 heavy (non-hydrogen) atoms. The molecule has 0 bridgehead atoms. The fourth-order valence-corrected chi connectivity index (χ4v) is 2.82. The summed E-state index contributed by atoms with van der Waals surface area (Å²) < 4.78 is 31.2. The predicted octanol–water partition coefficient (Wildman–Crippen LogP) is 0.776. The van der Waals surface area contributed by atoms with E-state index in [4.69, 9.17) is 4.55 Å². The maximum absolute atomic E-state index is 10.4. The minimum absolute atomic E-state index is 0.129. The molecule has 80 valence electrons. The number of hydrogen-bond acceptors (Lipinski definition) is 2. The average Bonchev–Trinajstić information content (AvgIpc) is 1.82. The minimum Gasteiger partial charge on any atom is -0.328 e. The Morgan fingerprint density at radius 3 is 2.23 bits per heavy atom.